The van der Waals surface area contributed by atoms with Crippen molar-refractivity contribution in [2.45, 2.75) is 272 Å². The van der Waals surface area contributed by atoms with Crippen molar-refractivity contribution in [3.8, 4) is 0 Å². The summed E-state index contributed by atoms with van der Waals surface area (Å²) < 4.78 is 33.7. The standard InChI is InChI=1S/C52H95NO18/c1-3-5-6-7-8-9-10-11-12-13-14-15-16-17-18-19-20-21-22-23-24-25-26-27-28-29-30-36(57)35(53-40(58)4-2)34-66-50-46(64)43(61)48(38(32-55)68-50)71-52-47(65)44(62)49(39(33-56)69-52)70-51-45(63)42(60)41(59)37(31-54)67-51/h25-26,29-30,35-39,41-52,54-57,59-65H,3-24,27-28,31-34H2,1-2H3,(H,53,58)/b26-25+,30-29+. The molecule has 3 rings (SSSR count). The highest BCUT2D eigenvalue weighted by Gasteiger charge is 2.53. The average Bonchev–Trinajstić information content (AvgIpc) is 3.37. The Balaban J connectivity index is 1.34. The Labute approximate surface area is 422 Å². The topological polar surface area (TPSA) is 307 Å². The minimum Gasteiger partial charge on any atom is -0.394 e. The van der Waals surface area contributed by atoms with E-state index in [1.165, 1.54) is 122 Å². The number of ether oxygens (including phenoxy) is 6. The number of carbonyl (C=O) groups is 1. The molecule has 0 aliphatic carbocycles. The molecular weight excluding hydrogens is 927 g/mol. The van der Waals surface area contributed by atoms with Gasteiger partial charge in [-0.3, -0.25) is 4.79 Å². The summed E-state index contributed by atoms with van der Waals surface area (Å²) in [7, 11) is 0. The SMILES string of the molecule is CCCCCCCCCCCCCCCCCCCCCC/C=C/CC/C=C/C(O)C(COC1OC(CO)C(OC2OC(CO)C(OC3OC(CO)C(O)C(O)C3O)C(O)C2O)C(O)C1O)NC(=O)CC. The van der Waals surface area contributed by atoms with Crippen LogP contribution in [-0.4, -0.2) is 193 Å². The lowest BCUT2D eigenvalue weighted by molar-refractivity contribution is -0.379. The second-order valence-corrected chi connectivity index (χ2v) is 19.6. The highest BCUT2D eigenvalue weighted by molar-refractivity contribution is 5.75. The number of aliphatic hydroxyl groups excluding tert-OH is 11. The van der Waals surface area contributed by atoms with Crippen LogP contribution in [0.4, 0.5) is 0 Å². The van der Waals surface area contributed by atoms with Gasteiger partial charge >= 0.3 is 0 Å². The summed E-state index contributed by atoms with van der Waals surface area (Å²) in [5.41, 5.74) is 0. The van der Waals surface area contributed by atoms with Crippen molar-refractivity contribution in [1.82, 2.24) is 5.32 Å². The van der Waals surface area contributed by atoms with E-state index in [0.29, 0.717) is 6.42 Å². The summed E-state index contributed by atoms with van der Waals surface area (Å²) in [5.74, 6) is -0.374. The Morgan fingerprint density at radius 2 is 0.887 bits per heavy atom. The van der Waals surface area contributed by atoms with Crippen molar-refractivity contribution < 1.29 is 89.4 Å². The molecule has 3 aliphatic heterocycles. The highest BCUT2D eigenvalue weighted by Crippen LogP contribution is 2.33. The number of nitrogens with one attached hydrogen (secondary N) is 1. The van der Waals surface area contributed by atoms with E-state index < -0.39 is 124 Å². The van der Waals surface area contributed by atoms with E-state index in [4.69, 9.17) is 28.4 Å². The smallest absolute Gasteiger partial charge is 0.220 e. The normalized spacial score (nSPS) is 32.4. The molecular formula is C52H95NO18. The molecule has 3 aliphatic rings. The molecule has 12 N–H and O–H groups in total. The third-order valence-electron chi connectivity index (χ3n) is 13.8. The monoisotopic (exact) mass is 1020 g/mol. The van der Waals surface area contributed by atoms with Crippen LogP contribution in [-0.2, 0) is 33.2 Å². The Morgan fingerprint density at radius 1 is 0.493 bits per heavy atom. The van der Waals surface area contributed by atoms with Gasteiger partial charge < -0.3 is 89.9 Å². The van der Waals surface area contributed by atoms with Crippen molar-refractivity contribution in [1.29, 1.82) is 0 Å². The fraction of sp³-hybridized carbons (Fsp3) is 0.904. The maximum absolute atomic E-state index is 12.4. The number of hydrogen-bond acceptors (Lipinski definition) is 18. The third-order valence-corrected chi connectivity index (χ3v) is 13.8. The number of hydrogen-bond donors (Lipinski definition) is 12. The first-order valence-corrected chi connectivity index (χ1v) is 27.1. The van der Waals surface area contributed by atoms with E-state index in [1.807, 2.05) is 0 Å². The Bertz CT molecular complexity index is 1410. The van der Waals surface area contributed by atoms with Gasteiger partial charge in [-0.1, -0.05) is 160 Å². The van der Waals surface area contributed by atoms with E-state index >= 15 is 0 Å². The average molecular weight is 1020 g/mol. The largest absolute Gasteiger partial charge is 0.394 e. The summed E-state index contributed by atoms with van der Waals surface area (Å²) in [6, 6.07) is -0.983. The fourth-order valence-electron chi connectivity index (χ4n) is 9.23. The molecule has 0 radical (unpaired) electrons. The lowest BCUT2D eigenvalue weighted by Gasteiger charge is -2.48. The van der Waals surface area contributed by atoms with Crippen LogP contribution >= 0.6 is 0 Å². The first-order valence-electron chi connectivity index (χ1n) is 27.1. The van der Waals surface area contributed by atoms with Gasteiger partial charge in [0.25, 0.3) is 0 Å². The molecule has 0 saturated carbocycles. The van der Waals surface area contributed by atoms with Crippen molar-refractivity contribution in [2.75, 3.05) is 26.4 Å². The molecule has 416 valence electrons. The van der Waals surface area contributed by atoms with E-state index in [2.05, 4.69) is 24.4 Å². The molecule has 0 spiro atoms. The lowest BCUT2D eigenvalue weighted by atomic mass is 9.96. The van der Waals surface area contributed by atoms with Crippen LogP contribution in [0.1, 0.15) is 168 Å². The van der Waals surface area contributed by atoms with Crippen LogP contribution < -0.4 is 5.32 Å². The summed E-state index contributed by atoms with van der Waals surface area (Å²) in [6.45, 7) is 1.11. The predicted octanol–water partition coefficient (Wildman–Crippen LogP) is 2.81. The molecule has 19 heteroatoms. The zero-order valence-corrected chi connectivity index (χ0v) is 42.7. The number of amides is 1. The van der Waals surface area contributed by atoms with Gasteiger partial charge in [0.2, 0.25) is 5.91 Å². The Morgan fingerprint density at radius 3 is 1.35 bits per heavy atom. The maximum Gasteiger partial charge on any atom is 0.220 e. The van der Waals surface area contributed by atoms with Crippen LogP contribution in [0, 0.1) is 0 Å². The highest BCUT2D eigenvalue weighted by atomic mass is 16.8. The maximum atomic E-state index is 12.4. The Kier molecular flexibility index (Phi) is 33.2. The van der Waals surface area contributed by atoms with Gasteiger partial charge in [-0.05, 0) is 25.7 Å². The zero-order chi connectivity index (χ0) is 52.0. The van der Waals surface area contributed by atoms with Crippen molar-refractivity contribution in [2.24, 2.45) is 0 Å². The van der Waals surface area contributed by atoms with Crippen molar-refractivity contribution in [3.63, 3.8) is 0 Å². The van der Waals surface area contributed by atoms with Gasteiger partial charge in [-0.15, -0.1) is 0 Å². The molecule has 0 aromatic heterocycles. The van der Waals surface area contributed by atoms with Crippen LogP contribution in [0.15, 0.2) is 24.3 Å². The van der Waals surface area contributed by atoms with Gasteiger partial charge in [-0.25, -0.2) is 0 Å². The second-order valence-electron chi connectivity index (χ2n) is 19.6. The number of allylic oxidation sites excluding steroid dienone is 3. The molecule has 0 aromatic rings. The molecule has 17 atom stereocenters. The number of unbranched alkanes of at least 4 members (excludes halogenated alkanes) is 21. The van der Waals surface area contributed by atoms with Crippen LogP contribution in [0.25, 0.3) is 0 Å². The second kappa shape index (κ2) is 37.1. The van der Waals surface area contributed by atoms with Crippen molar-refractivity contribution >= 4 is 5.91 Å². The van der Waals surface area contributed by atoms with Crippen molar-refractivity contribution in [3.05, 3.63) is 24.3 Å². The summed E-state index contributed by atoms with van der Waals surface area (Å²) in [5, 5.41) is 118. The van der Waals surface area contributed by atoms with Crippen LogP contribution in [0.3, 0.4) is 0 Å². The van der Waals surface area contributed by atoms with Gasteiger partial charge in [0.15, 0.2) is 18.9 Å². The quantitative estimate of drug-likeness (QED) is 0.0313. The van der Waals surface area contributed by atoms with E-state index in [1.54, 1.807) is 19.1 Å². The minimum atomic E-state index is -1.98. The predicted molar refractivity (Wildman–Crippen MR) is 263 cm³/mol. The molecule has 0 bridgehead atoms. The van der Waals surface area contributed by atoms with Gasteiger partial charge in [0.05, 0.1) is 38.6 Å². The minimum absolute atomic E-state index is 0.117. The number of rotatable bonds is 38. The van der Waals surface area contributed by atoms with Gasteiger partial charge in [0, 0.05) is 6.42 Å². The van der Waals surface area contributed by atoms with E-state index in [9.17, 15) is 61.0 Å². The van der Waals surface area contributed by atoms with E-state index in [0.717, 1.165) is 19.3 Å². The third kappa shape index (κ3) is 22.6. The van der Waals surface area contributed by atoms with E-state index in [-0.39, 0.29) is 18.9 Å². The number of aliphatic hydroxyl groups is 11. The molecule has 3 fully saturated rings. The molecule has 19 nitrogen and oxygen atoms in total. The Hall–Kier alpha value is -1.73. The zero-order valence-electron chi connectivity index (χ0n) is 42.7. The molecule has 17 unspecified atom stereocenters. The fourth-order valence-corrected chi connectivity index (χ4v) is 9.23. The molecule has 3 heterocycles. The molecule has 1 amide bonds. The summed E-state index contributed by atoms with van der Waals surface area (Å²) in [4.78, 5) is 12.4. The molecule has 0 aromatic carbocycles. The van der Waals surface area contributed by atoms with Crippen LogP contribution in [0.5, 0.6) is 0 Å². The summed E-state index contributed by atoms with van der Waals surface area (Å²) >= 11 is 0. The first kappa shape index (κ1) is 63.6. The van der Waals surface area contributed by atoms with Gasteiger partial charge in [0.1, 0.15) is 73.2 Å². The van der Waals surface area contributed by atoms with Gasteiger partial charge in [-0.2, -0.15) is 0 Å². The lowest BCUT2D eigenvalue weighted by Crippen LogP contribution is -2.66. The number of carbonyl (C=O) groups excluding carboxylic acids is 1. The molecule has 71 heavy (non-hydrogen) atoms. The molecule has 3 saturated heterocycles. The van der Waals surface area contributed by atoms with Crippen LogP contribution in [0.2, 0.25) is 0 Å². The first-order chi connectivity index (χ1) is 34.3. The summed E-state index contributed by atoms with van der Waals surface area (Å²) in [6.07, 6.45) is 10.6.